The average Bonchev–Trinajstić information content (AvgIpc) is 0.811. The molecule has 0 aliphatic rings. The number of halogens is 1. The molecule has 6 heteroatoms. The molecule has 0 aromatic carbocycles. The van der Waals surface area contributed by atoms with E-state index in [0.29, 0.717) is 0 Å². The van der Waals surface area contributed by atoms with Crippen LogP contribution in [0.4, 0.5) is 4.79 Å². The van der Waals surface area contributed by atoms with Crippen molar-refractivity contribution < 1.29 is 27.4 Å². The normalized spacial score (nSPS) is 3.43. The minimum atomic E-state index is -2.33. The van der Waals surface area contributed by atoms with E-state index in [1.807, 2.05) is 0 Å². The van der Waals surface area contributed by atoms with Crippen LogP contribution in [-0.2, 0) is 0 Å². The molecule has 0 saturated heterocycles. The minimum Gasteiger partial charge on any atom is -1.00 e. The van der Waals surface area contributed by atoms with Gasteiger partial charge in [0.05, 0.1) is 0 Å². The van der Waals surface area contributed by atoms with Crippen LogP contribution in [0.1, 0.15) is 0 Å². The van der Waals surface area contributed by atoms with Crippen LogP contribution < -0.4 is 22.6 Å². The molecule has 0 heterocycles. The Hall–Kier alpha value is 2.08. The standard InChI is InChI=1S/CH2O3.2Ca.ClH/c2-1(3)4;;;/h(H2,2,3,4);;;1H/q;2*+2;/p-3. The van der Waals surface area contributed by atoms with Gasteiger partial charge in [0.25, 0.3) is 0 Å². The van der Waals surface area contributed by atoms with Gasteiger partial charge in [-0.3, -0.25) is 0 Å². The van der Waals surface area contributed by atoms with Gasteiger partial charge >= 0.3 is 75.5 Å². The van der Waals surface area contributed by atoms with E-state index in [-0.39, 0.29) is 87.9 Å². The van der Waals surface area contributed by atoms with Crippen molar-refractivity contribution in [3.63, 3.8) is 0 Å². The zero-order chi connectivity index (χ0) is 3.58. The molecule has 0 saturated carbocycles. The third-order valence-electron chi connectivity index (χ3n) is 0. The number of carboxylic acid groups (broad SMARTS) is 2. The summed E-state index contributed by atoms with van der Waals surface area (Å²) in [5, 5.41) is 16.7. The van der Waals surface area contributed by atoms with Crippen LogP contribution in [0, 0.1) is 0 Å². The molecule has 0 aromatic heterocycles. The summed E-state index contributed by atoms with van der Waals surface area (Å²) in [6, 6.07) is 0. The fraction of sp³-hybridized carbons (Fsp3) is 0. The first-order chi connectivity index (χ1) is 1.73. The molecule has 0 N–H and O–H groups in total. The van der Waals surface area contributed by atoms with Crippen LogP contribution in [0.25, 0.3) is 0 Å². The van der Waals surface area contributed by atoms with Gasteiger partial charge in [0, 0.05) is 0 Å². The third-order valence-corrected chi connectivity index (χ3v) is 0. The molecule has 7 heavy (non-hydrogen) atoms. The zero-order valence-electron chi connectivity index (χ0n) is 3.52. The van der Waals surface area contributed by atoms with Crippen molar-refractivity contribution in [3.8, 4) is 0 Å². The number of hydrogen-bond acceptors (Lipinski definition) is 3. The predicted octanol–water partition coefficient (Wildman–Crippen LogP) is -6.20. The molecule has 3 nitrogen and oxygen atoms in total. The van der Waals surface area contributed by atoms with Crippen LogP contribution in [0.2, 0.25) is 0 Å². The molecule has 32 valence electrons. The van der Waals surface area contributed by atoms with Gasteiger partial charge in [-0.1, -0.05) is 0 Å². The summed E-state index contributed by atoms with van der Waals surface area (Å²) in [5.74, 6) is 0. The topological polar surface area (TPSA) is 63.2 Å². The Morgan fingerprint density at radius 1 is 1.14 bits per heavy atom. The van der Waals surface area contributed by atoms with Crippen LogP contribution >= 0.6 is 0 Å². The molecule has 0 radical (unpaired) electrons. The molecule has 0 atom stereocenters. The monoisotopic (exact) mass is 175 g/mol. The summed E-state index contributed by atoms with van der Waals surface area (Å²) >= 11 is 0. The first kappa shape index (κ1) is 23.0. The fourth-order valence-corrected chi connectivity index (χ4v) is 0. The SMILES string of the molecule is O=C([O-])[O-].[Ca+2].[Ca+2].[Cl-]. The second-order valence-corrected chi connectivity index (χ2v) is 0.250. The quantitative estimate of drug-likeness (QED) is 0.344. The number of carbonyl (C=O) groups excluding carboxylic acids is 1. The van der Waals surface area contributed by atoms with Gasteiger partial charge in [-0.2, -0.15) is 0 Å². The minimum absolute atomic E-state index is 0. The average molecular weight is 176 g/mol. The first-order valence-electron chi connectivity index (χ1n) is 0.612. The molecule has 0 amide bonds. The Morgan fingerprint density at radius 2 is 1.14 bits per heavy atom. The summed E-state index contributed by atoms with van der Waals surface area (Å²) in [7, 11) is 0. The van der Waals surface area contributed by atoms with Crippen molar-refractivity contribution in [2.24, 2.45) is 0 Å². The van der Waals surface area contributed by atoms with E-state index in [1.54, 1.807) is 0 Å². The summed E-state index contributed by atoms with van der Waals surface area (Å²) in [5.41, 5.74) is 0. The molecule has 0 fully saturated rings. The van der Waals surface area contributed by atoms with Crippen LogP contribution in [0.5, 0.6) is 0 Å². The molecule has 0 bridgehead atoms. The molecular formula is CCa2ClO3+. The van der Waals surface area contributed by atoms with Gasteiger partial charge in [-0.15, -0.1) is 0 Å². The Bertz CT molecular complexity index is 35.9. The van der Waals surface area contributed by atoms with Crippen molar-refractivity contribution in [2.45, 2.75) is 0 Å². The van der Waals surface area contributed by atoms with Gasteiger partial charge in [-0.25, -0.2) is 0 Å². The van der Waals surface area contributed by atoms with E-state index < -0.39 is 6.16 Å². The zero-order valence-corrected chi connectivity index (χ0v) is 8.69. The second kappa shape index (κ2) is 15.7. The Kier molecular flexibility index (Phi) is 51.5. The Labute approximate surface area is 107 Å². The Morgan fingerprint density at radius 3 is 1.14 bits per heavy atom. The van der Waals surface area contributed by atoms with Crippen LogP contribution in [0.3, 0.4) is 0 Å². The molecule has 0 rings (SSSR count). The van der Waals surface area contributed by atoms with E-state index in [0.717, 1.165) is 0 Å². The van der Waals surface area contributed by atoms with Gasteiger partial charge in [-0.05, 0) is 6.16 Å². The molecular weight excluding hydrogens is 176 g/mol. The van der Waals surface area contributed by atoms with Crippen molar-refractivity contribution in [2.75, 3.05) is 0 Å². The first-order valence-corrected chi connectivity index (χ1v) is 0.612. The number of carbonyl (C=O) groups is 1. The largest absolute Gasteiger partial charge is 2.00 e. The molecule has 0 aliphatic carbocycles. The molecule has 0 aromatic rings. The molecule has 0 unspecified atom stereocenters. The van der Waals surface area contributed by atoms with E-state index in [4.69, 9.17) is 15.0 Å². The summed E-state index contributed by atoms with van der Waals surface area (Å²) in [6.07, 6.45) is -2.33. The van der Waals surface area contributed by atoms with E-state index in [2.05, 4.69) is 0 Å². The Balaban J connectivity index is -0.0000000150. The maximum atomic E-state index is 8.33. The molecule has 0 aliphatic heterocycles. The van der Waals surface area contributed by atoms with Gasteiger partial charge in [0.2, 0.25) is 0 Å². The van der Waals surface area contributed by atoms with E-state index in [1.165, 1.54) is 0 Å². The third kappa shape index (κ3) is 69.1. The maximum absolute atomic E-state index is 8.33. The van der Waals surface area contributed by atoms with Gasteiger partial charge < -0.3 is 27.4 Å². The smallest absolute Gasteiger partial charge is 1.00 e. The number of hydrogen-bond donors (Lipinski definition) is 0. The summed E-state index contributed by atoms with van der Waals surface area (Å²) < 4.78 is 0. The number of rotatable bonds is 0. The van der Waals surface area contributed by atoms with E-state index in [9.17, 15) is 0 Å². The fourth-order valence-electron chi connectivity index (χ4n) is 0. The van der Waals surface area contributed by atoms with Crippen molar-refractivity contribution >= 4 is 81.6 Å². The van der Waals surface area contributed by atoms with Crippen LogP contribution in [-0.4, -0.2) is 81.6 Å². The van der Waals surface area contributed by atoms with Gasteiger partial charge in [0.15, 0.2) is 0 Å². The van der Waals surface area contributed by atoms with Crippen LogP contribution in [0.15, 0.2) is 0 Å². The van der Waals surface area contributed by atoms with Crippen molar-refractivity contribution in [3.05, 3.63) is 0 Å². The van der Waals surface area contributed by atoms with E-state index >= 15 is 0 Å². The second-order valence-electron chi connectivity index (χ2n) is 0.250. The van der Waals surface area contributed by atoms with Gasteiger partial charge in [0.1, 0.15) is 0 Å². The maximum Gasteiger partial charge on any atom is 2.00 e. The van der Waals surface area contributed by atoms with Crippen molar-refractivity contribution in [1.29, 1.82) is 0 Å². The summed E-state index contributed by atoms with van der Waals surface area (Å²) in [6.45, 7) is 0. The van der Waals surface area contributed by atoms with Crippen molar-refractivity contribution in [1.82, 2.24) is 0 Å². The predicted molar refractivity (Wildman–Crippen MR) is 16.9 cm³/mol. The summed E-state index contributed by atoms with van der Waals surface area (Å²) in [4.78, 5) is 8.33. The molecule has 0 spiro atoms.